The SMILES string of the molecule is CSCCCNS(=O)(=O)c1c(C)n[nH]c1C. The molecule has 1 aromatic heterocycles. The van der Waals surface area contributed by atoms with E-state index in [0.717, 1.165) is 12.2 Å². The molecule has 0 bridgehead atoms. The molecule has 0 spiro atoms. The smallest absolute Gasteiger partial charge is 0.244 e. The molecule has 92 valence electrons. The molecule has 0 unspecified atom stereocenters. The van der Waals surface area contributed by atoms with Crippen molar-refractivity contribution in [2.24, 2.45) is 0 Å². The molecule has 16 heavy (non-hydrogen) atoms. The summed E-state index contributed by atoms with van der Waals surface area (Å²) in [6, 6.07) is 0. The summed E-state index contributed by atoms with van der Waals surface area (Å²) in [6.07, 6.45) is 2.83. The van der Waals surface area contributed by atoms with E-state index in [1.165, 1.54) is 0 Å². The van der Waals surface area contributed by atoms with Gasteiger partial charge in [-0.2, -0.15) is 16.9 Å². The second-order valence-electron chi connectivity index (χ2n) is 3.51. The van der Waals surface area contributed by atoms with Gasteiger partial charge in [-0.1, -0.05) is 0 Å². The third-order valence-corrected chi connectivity index (χ3v) is 4.57. The summed E-state index contributed by atoms with van der Waals surface area (Å²) in [5, 5.41) is 6.55. The zero-order valence-electron chi connectivity index (χ0n) is 9.70. The number of aromatic amines is 1. The van der Waals surface area contributed by atoms with Gasteiger partial charge in [-0.25, -0.2) is 13.1 Å². The van der Waals surface area contributed by atoms with Gasteiger partial charge < -0.3 is 0 Å². The Bertz CT molecular complexity index is 420. The number of aryl methyl sites for hydroxylation is 2. The third-order valence-electron chi connectivity index (χ3n) is 2.15. The molecule has 0 saturated carbocycles. The Morgan fingerprint density at radius 2 is 2.12 bits per heavy atom. The van der Waals surface area contributed by atoms with Gasteiger partial charge in [-0.15, -0.1) is 0 Å². The Morgan fingerprint density at radius 3 is 2.62 bits per heavy atom. The summed E-state index contributed by atoms with van der Waals surface area (Å²) in [4.78, 5) is 0.275. The first-order chi connectivity index (χ1) is 7.49. The number of nitrogens with one attached hydrogen (secondary N) is 2. The Hall–Kier alpha value is -0.530. The highest BCUT2D eigenvalue weighted by Crippen LogP contribution is 2.15. The molecule has 0 atom stereocenters. The molecule has 0 saturated heterocycles. The van der Waals surface area contributed by atoms with Crippen LogP contribution >= 0.6 is 11.8 Å². The van der Waals surface area contributed by atoms with Crippen molar-refractivity contribution < 1.29 is 8.42 Å². The maximum absolute atomic E-state index is 11.9. The molecule has 1 heterocycles. The van der Waals surface area contributed by atoms with Crippen LogP contribution in [0.15, 0.2) is 4.90 Å². The summed E-state index contributed by atoms with van der Waals surface area (Å²) in [6.45, 7) is 3.85. The lowest BCUT2D eigenvalue weighted by atomic mass is 10.4. The van der Waals surface area contributed by atoms with Crippen molar-refractivity contribution in [2.45, 2.75) is 25.2 Å². The Balaban J connectivity index is 2.71. The first-order valence-corrected chi connectivity index (χ1v) is 7.87. The van der Waals surface area contributed by atoms with Gasteiger partial charge in [0, 0.05) is 6.54 Å². The molecule has 0 aliphatic rings. The molecule has 0 radical (unpaired) electrons. The van der Waals surface area contributed by atoms with Crippen molar-refractivity contribution in [3.8, 4) is 0 Å². The molecule has 0 aromatic carbocycles. The summed E-state index contributed by atoms with van der Waals surface area (Å²) in [5.74, 6) is 0.950. The van der Waals surface area contributed by atoms with E-state index in [-0.39, 0.29) is 4.90 Å². The van der Waals surface area contributed by atoms with Crippen LogP contribution in [-0.2, 0) is 10.0 Å². The van der Waals surface area contributed by atoms with E-state index in [1.54, 1.807) is 25.6 Å². The van der Waals surface area contributed by atoms with Gasteiger partial charge in [-0.05, 0) is 32.3 Å². The van der Waals surface area contributed by atoms with Crippen LogP contribution < -0.4 is 4.72 Å². The van der Waals surface area contributed by atoms with Crippen molar-refractivity contribution in [1.82, 2.24) is 14.9 Å². The standard InChI is InChI=1S/C9H17N3O2S2/c1-7-9(8(2)12-11-7)16(13,14)10-5-4-6-15-3/h10H,4-6H2,1-3H3,(H,11,12). The number of thioether (sulfide) groups is 1. The lowest BCUT2D eigenvalue weighted by Gasteiger charge is -2.06. The van der Waals surface area contributed by atoms with Crippen LogP contribution in [0.5, 0.6) is 0 Å². The number of H-pyrrole nitrogens is 1. The molecule has 0 aliphatic carbocycles. The molecule has 0 amide bonds. The van der Waals surface area contributed by atoms with Gasteiger partial charge in [0.05, 0.1) is 11.4 Å². The van der Waals surface area contributed by atoms with Gasteiger partial charge >= 0.3 is 0 Å². The second kappa shape index (κ2) is 5.70. The normalized spacial score (nSPS) is 11.9. The van der Waals surface area contributed by atoms with E-state index < -0.39 is 10.0 Å². The van der Waals surface area contributed by atoms with Gasteiger partial charge in [0.25, 0.3) is 0 Å². The lowest BCUT2D eigenvalue weighted by molar-refractivity contribution is 0.580. The topological polar surface area (TPSA) is 74.8 Å². The quantitative estimate of drug-likeness (QED) is 0.753. The fourth-order valence-corrected chi connectivity index (χ4v) is 3.31. The van der Waals surface area contributed by atoms with Crippen molar-refractivity contribution in [3.63, 3.8) is 0 Å². The third kappa shape index (κ3) is 3.23. The molecule has 0 aliphatic heterocycles. The lowest BCUT2D eigenvalue weighted by Crippen LogP contribution is -2.26. The molecular formula is C9H17N3O2S2. The zero-order valence-corrected chi connectivity index (χ0v) is 11.3. The van der Waals surface area contributed by atoms with Gasteiger partial charge in [0.15, 0.2) is 0 Å². The van der Waals surface area contributed by atoms with E-state index in [1.807, 2.05) is 6.26 Å². The second-order valence-corrected chi connectivity index (χ2v) is 6.20. The fraction of sp³-hybridized carbons (Fsp3) is 0.667. The summed E-state index contributed by atoms with van der Waals surface area (Å²) in [5.41, 5.74) is 1.09. The van der Waals surface area contributed by atoms with Crippen molar-refractivity contribution in [2.75, 3.05) is 18.6 Å². The predicted molar refractivity (Wildman–Crippen MR) is 66.2 cm³/mol. The molecule has 1 rings (SSSR count). The molecule has 1 aromatic rings. The van der Waals surface area contributed by atoms with Crippen molar-refractivity contribution >= 4 is 21.8 Å². The number of rotatable bonds is 6. The average molecular weight is 263 g/mol. The van der Waals surface area contributed by atoms with Crippen LogP contribution in [0.2, 0.25) is 0 Å². The molecule has 5 nitrogen and oxygen atoms in total. The van der Waals surface area contributed by atoms with Crippen molar-refractivity contribution in [1.29, 1.82) is 0 Å². The summed E-state index contributed by atoms with van der Waals surface area (Å²) in [7, 11) is -3.41. The summed E-state index contributed by atoms with van der Waals surface area (Å²) < 4.78 is 26.4. The van der Waals surface area contributed by atoms with Crippen LogP contribution in [0.25, 0.3) is 0 Å². The van der Waals surface area contributed by atoms with Gasteiger partial charge in [0.2, 0.25) is 10.0 Å². The zero-order chi connectivity index (χ0) is 12.2. The molecule has 7 heteroatoms. The number of sulfonamides is 1. The first-order valence-electron chi connectivity index (χ1n) is 4.99. The fourth-order valence-electron chi connectivity index (χ4n) is 1.43. The highest BCUT2D eigenvalue weighted by Gasteiger charge is 2.21. The molecule has 0 fully saturated rings. The number of nitrogens with zero attached hydrogens (tertiary/aromatic N) is 1. The minimum Gasteiger partial charge on any atom is -0.281 e. The van der Waals surface area contributed by atoms with E-state index in [0.29, 0.717) is 17.9 Å². The number of aromatic nitrogens is 2. The maximum Gasteiger partial charge on any atom is 0.244 e. The van der Waals surface area contributed by atoms with Crippen LogP contribution in [0.1, 0.15) is 17.8 Å². The highest BCUT2D eigenvalue weighted by atomic mass is 32.2. The largest absolute Gasteiger partial charge is 0.281 e. The minimum atomic E-state index is -3.41. The van der Waals surface area contributed by atoms with E-state index in [2.05, 4.69) is 14.9 Å². The van der Waals surface area contributed by atoms with E-state index in [9.17, 15) is 8.42 Å². The maximum atomic E-state index is 11.9. The average Bonchev–Trinajstić information content (AvgIpc) is 2.54. The highest BCUT2D eigenvalue weighted by molar-refractivity contribution is 7.98. The minimum absolute atomic E-state index is 0.275. The van der Waals surface area contributed by atoms with Crippen LogP contribution in [0.3, 0.4) is 0 Å². The van der Waals surface area contributed by atoms with Gasteiger partial charge in [0.1, 0.15) is 4.90 Å². The predicted octanol–water partition coefficient (Wildman–Crippen LogP) is 1.06. The monoisotopic (exact) mass is 263 g/mol. The van der Waals surface area contributed by atoms with Gasteiger partial charge in [-0.3, -0.25) is 5.10 Å². The van der Waals surface area contributed by atoms with Crippen LogP contribution in [-0.4, -0.2) is 37.2 Å². The number of hydrogen-bond acceptors (Lipinski definition) is 4. The Morgan fingerprint density at radius 1 is 1.44 bits per heavy atom. The van der Waals surface area contributed by atoms with Crippen molar-refractivity contribution in [3.05, 3.63) is 11.4 Å². The Labute approximate surface area is 100 Å². The van der Waals surface area contributed by atoms with E-state index in [4.69, 9.17) is 0 Å². The summed E-state index contributed by atoms with van der Waals surface area (Å²) >= 11 is 1.70. The van der Waals surface area contributed by atoms with Crippen LogP contribution in [0.4, 0.5) is 0 Å². The number of hydrogen-bond donors (Lipinski definition) is 2. The molecule has 2 N–H and O–H groups in total. The van der Waals surface area contributed by atoms with E-state index >= 15 is 0 Å². The molecular weight excluding hydrogens is 246 g/mol. The Kier molecular flexibility index (Phi) is 4.82. The first kappa shape index (κ1) is 13.5. The van der Waals surface area contributed by atoms with Crippen LogP contribution in [0, 0.1) is 13.8 Å².